The van der Waals surface area contributed by atoms with Crippen molar-refractivity contribution < 1.29 is 4.57 Å². The fourth-order valence-corrected chi connectivity index (χ4v) is 9.08. The van der Waals surface area contributed by atoms with Gasteiger partial charge >= 0.3 is 0 Å². The zero-order valence-electron chi connectivity index (χ0n) is 38.2. The molecular formula is C52H103N2+. The second kappa shape index (κ2) is 41.8. The van der Waals surface area contributed by atoms with Crippen molar-refractivity contribution in [1.82, 2.24) is 4.98 Å². The molecule has 0 aliphatic rings. The quantitative estimate of drug-likeness (QED) is 0.0505. The van der Waals surface area contributed by atoms with Crippen molar-refractivity contribution in [2.24, 2.45) is 0 Å². The molecule has 0 aliphatic carbocycles. The van der Waals surface area contributed by atoms with Crippen molar-refractivity contribution in [3.63, 3.8) is 0 Å². The molecule has 2 unspecified atom stereocenters. The van der Waals surface area contributed by atoms with E-state index in [1.54, 1.807) is 5.82 Å². The fourth-order valence-electron chi connectivity index (χ4n) is 9.08. The van der Waals surface area contributed by atoms with E-state index in [0.717, 1.165) is 0 Å². The van der Waals surface area contributed by atoms with Gasteiger partial charge in [0.15, 0.2) is 0 Å². The molecule has 1 aromatic rings. The number of aromatic amines is 1. The van der Waals surface area contributed by atoms with Gasteiger partial charge < -0.3 is 0 Å². The zero-order chi connectivity index (χ0) is 38.8. The van der Waals surface area contributed by atoms with Gasteiger partial charge in [-0.25, -0.2) is 9.55 Å². The number of hydrogen-bond donors (Lipinski definition) is 1. The van der Waals surface area contributed by atoms with Crippen molar-refractivity contribution in [2.45, 2.75) is 316 Å². The Morgan fingerprint density at radius 3 is 0.870 bits per heavy atom. The minimum atomic E-state index is 0.615. The zero-order valence-corrected chi connectivity index (χ0v) is 38.2. The first-order chi connectivity index (χ1) is 26.7. The summed E-state index contributed by atoms with van der Waals surface area (Å²) in [7, 11) is 0. The van der Waals surface area contributed by atoms with Gasteiger partial charge in [0, 0.05) is 0 Å². The molecule has 0 saturated heterocycles. The molecule has 320 valence electrons. The van der Waals surface area contributed by atoms with E-state index in [-0.39, 0.29) is 0 Å². The molecule has 1 heterocycles. The maximum Gasteiger partial charge on any atom is 0.257 e. The van der Waals surface area contributed by atoms with Crippen LogP contribution in [0.1, 0.15) is 322 Å². The van der Waals surface area contributed by atoms with Crippen molar-refractivity contribution in [3.8, 4) is 0 Å². The number of H-pyrrole nitrogens is 1. The Bertz CT molecular complexity index is 828. The van der Waals surface area contributed by atoms with Gasteiger partial charge in [0.2, 0.25) is 0 Å². The number of hydrogen-bond acceptors (Lipinski definition) is 0. The first-order valence-electron chi connectivity index (χ1n) is 25.8. The Kier molecular flexibility index (Phi) is 39.7. The maximum absolute atomic E-state index is 3.79. The third-order valence-corrected chi connectivity index (χ3v) is 12.9. The molecule has 2 atom stereocenters. The molecule has 0 amide bonds. The minimum absolute atomic E-state index is 0.615. The van der Waals surface area contributed by atoms with E-state index in [1.165, 1.54) is 276 Å². The van der Waals surface area contributed by atoms with Crippen LogP contribution in [-0.4, -0.2) is 4.98 Å². The molecule has 2 heteroatoms. The molecule has 2 nitrogen and oxygen atoms in total. The lowest BCUT2D eigenvalue weighted by atomic mass is 9.92. The normalized spacial score (nSPS) is 12.9. The number of nitrogens with zero attached hydrogens (tertiary/aromatic N) is 1. The van der Waals surface area contributed by atoms with E-state index in [9.17, 15) is 0 Å². The molecule has 0 radical (unpaired) electrons. The summed E-state index contributed by atoms with van der Waals surface area (Å²) >= 11 is 0. The molecule has 54 heavy (non-hydrogen) atoms. The van der Waals surface area contributed by atoms with Crippen LogP contribution in [0.3, 0.4) is 0 Å². The van der Waals surface area contributed by atoms with Crippen LogP contribution in [0.15, 0.2) is 12.4 Å². The SMILES string of the molecule is CCCCCCCCCCCCCCCCCC(CCCCCCCCCCCCCCCC)c1[nH]cc[n+]1C(C)CCCCCCCCCCCCC. The van der Waals surface area contributed by atoms with Crippen molar-refractivity contribution >= 4 is 0 Å². The van der Waals surface area contributed by atoms with E-state index in [1.807, 2.05) is 0 Å². The second-order valence-electron chi connectivity index (χ2n) is 18.2. The first kappa shape index (κ1) is 51.2. The van der Waals surface area contributed by atoms with Crippen LogP contribution in [0, 0.1) is 0 Å². The lowest BCUT2D eigenvalue weighted by Crippen LogP contribution is -2.41. The number of aromatic nitrogens is 2. The van der Waals surface area contributed by atoms with Crippen LogP contribution in [-0.2, 0) is 0 Å². The molecule has 0 spiro atoms. The van der Waals surface area contributed by atoms with Gasteiger partial charge in [0.1, 0.15) is 12.4 Å². The van der Waals surface area contributed by atoms with Crippen LogP contribution >= 0.6 is 0 Å². The topological polar surface area (TPSA) is 19.7 Å². The van der Waals surface area contributed by atoms with Crippen LogP contribution in [0.5, 0.6) is 0 Å². The first-order valence-corrected chi connectivity index (χ1v) is 25.8. The highest BCUT2D eigenvalue weighted by Gasteiger charge is 2.25. The van der Waals surface area contributed by atoms with E-state index < -0.39 is 0 Å². The third-order valence-electron chi connectivity index (χ3n) is 12.9. The van der Waals surface area contributed by atoms with E-state index >= 15 is 0 Å². The Hall–Kier alpha value is -0.790. The summed E-state index contributed by atoms with van der Waals surface area (Å²) in [5.41, 5.74) is 0. The van der Waals surface area contributed by atoms with Crippen molar-refractivity contribution in [3.05, 3.63) is 18.2 Å². The lowest BCUT2D eigenvalue weighted by Gasteiger charge is -2.17. The molecule has 1 aromatic heterocycles. The third kappa shape index (κ3) is 32.3. The average Bonchev–Trinajstić information content (AvgIpc) is 3.68. The predicted molar refractivity (Wildman–Crippen MR) is 244 cm³/mol. The highest BCUT2D eigenvalue weighted by Crippen LogP contribution is 2.28. The van der Waals surface area contributed by atoms with Gasteiger partial charge in [-0.05, 0) is 32.6 Å². The summed E-state index contributed by atoms with van der Waals surface area (Å²) in [5.74, 6) is 2.25. The highest BCUT2D eigenvalue weighted by atomic mass is 15.1. The Balaban J connectivity index is 2.36. The van der Waals surface area contributed by atoms with E-state index in [0.29, 0.717) is 12.0 Å². The number of unbranched alkanes of at least 4 members (excludes halogenated alkanes) is 37. The Morgan fingerprint density at radius 2 is 0.593 bits per heavy atom. The monoisotopic (exact) mass is 756 g/mol. The van der Waals surface area contributed by atoms with Crippen LogP contribution in [0.4, 0.5) is 0 Å². The number of nitrogens with one attached hydrogen (secondary N) is 1. The van der Waals surface area contributed by atoms with E-state index in [2.05, 4.69) is 49.6 Å². The summed E-state index contributed by atoms with van der Waals surface area (Å²) in [6.07, 6.45) is 66.6. The van der Waals surface area contributed by atoms with Gasteiger partial charge in [-0.15, -0.1) is 0 Å². The van der Waals surface area contributed by atoms with Crippen LogP contribution < -0.4 is 4.57 Å². The maximum atomic E-state index is 3.79. The predicted octanol–water partition coefficient (Wildman–Crippen LogP) is 18.8. The summed E-state index contributed by atoms with van der Waals surface area (Å²) in [5, 5.41) is 0. The highest BCUT2D eigenvalue weighted by molar-refractivity contribution is 4.90. The van der Waals surface area contributed by atoms with E-state index in [4.69, 9.17) is 0 Å². The fraction of sp³-hybridized carbons (Fsp3) is 0.942. The smallest absolute Gasteiger partial charge is 0.247 e. The summed E-state index contributed by atoms with van der Waals surface area (Å²) in [6.45, 7) is 9.44. The lowest BCUT2D eigenvalue weighted by molar-refractivity contribution is -0.727. The van der Waals surface area contributed by atoms with Crippen LogP contribution in [0.2, 0.25) is 0 Å². The van der Waals surface area contributed by atoms with Gasteiger partial charge in [0.05, 0.1) is 12.0 Å². The molecule has 0 saturated carbocycles. The molecule has 0 aliphatic heterocycles. The summed E-state index contributed by atoms with van der Waals surface area (Å²) < 4.78 is 2.66. The average molecular weight is 756 g/mol. The standard InChI is InChI=1S/C52H102N2/c1-5-8-11-14-17-20-23-25-27-29-32-35-38-41-44-47-51(46-43-40-37-34-31-28-26-24-21-18-15-12-9-6-2)52-53-48-49-54(52)50(4)45-42-39-36-33-30-22-19-16-13-10-7-3/h48-51H,5-47H2,1-4H3/p+1. The van der Waals surface area contributed by atoms with Gasteiger partial charge in [0.25, 0.3) is 5.82 Å². The van der Waals surface area contributed by atoms with Gasteiger partial charge in [-0.3, -0.25) is 0 Å². The minimum Gasteiger partial charge on any atom is -0.247 e. The largest absolute Gasteiger partial charge is 0.257 e. The van der Waals surface area contributed by atoms with Crippen molar-refractivity contribution in [2.75, 3.05) is 0 Å². The molecule has 1 rings (SSSR count). The summed E-state index contributed by atoms with van der Waals surface area (Å²) in [6, 6.07) is 0.615. The molecule has 1 N–H and O–H groups in total. The Morgan fingerprint density at radius 1 is 0.352 bits per heavy atom. The molecular weight excluding hydrogens is 653 g/mol. The van der Waals surface area contributed by atoms with Crippen LogP contribution in [0.25, 0.3) is 0 Å². The second-order valence-corrected chi connectivity index (χ2v) is 18.2. The Labute approximate surface area is 342 Å². The molecule has 0 bridgehead atoms. The summed E-state index contributed by atoms with van der Waals surface area (Å²) in [4.78, 5) is 3.79. The molecule has 0 aromatic carbocycles. The molecule has 0 fully saturated rings. The number of imidazole rings is 1. The van der Waals surface area contributed by atoms with Gasteiger partial charge in [-0.1, -0.05) is 271 Å². The van der Waals surface area contributed by atoms with Crippen molar-refractivity contribution in [1.29, 1.82) is 0 Å². The van der Waals surface area contributed by atoms with Gasteiger partial charge in [-0.2, -0.15) is 0 Å². The number of rotatable bonds is 45.